The normalized spacial score (nSPS) is 23.7. The number of hydrogen-bond donors (Lipinski definition) is 0. The van der Waals surface area contributed by atoms with E-state index in [0.29, 0.717) is 37.2 Å². The van der Waals surface area contributed by atoms with E-state index in [0.717, 1.165) is 44.1 Å². The van der Waals surface area contributed by atoms with Gasteiger partial charge >= 0.3 is 6.09 Å². The average molecular weight is 625 g/mol. The highest BCUT2D eigenvalue weighted by Gasteiger charge is 2.44. The number of piperazine rings is 1. The van der Waals surface area contributed by atoms with Crippen molar-refractivity contribution in [3.8, 4) is 0 Å². The zero-order chi connectivity index (χ0) is 29.9. The van der Waals surface area contributed by atoms with E-state index in [-0.39, 0.29) is 23.6 Å². The molecule has 0 spiro atoms. The summed E-state index contributed by atoms with van der Waals surface area (Å²) in [5.74, 6) is -1.59. The summed E-state index contributed by atoms with van der Waals surface area (Å²) in [5, 5.41) is 0.378. The number of likely N-dealkylation sites (N-methyl/N-ethyl adjacent to an activating group) is 1. The zero-order valence-electron chi connectivity index (χ0n) is 23.9. The summed E-state index contributed by atoms with van der Waals surface area (Å²) in [6.07, 6.45) is 5.00. The first-order valence-corrected chi connectivity index (χ1v) is 16.6. The Bertz CT molecular complexity index is 1320. The summed E-state index contributed by atoms with van der Waals surface area (Å²) in [5.41, 5.74) is 0.194. The van der Waals surface area contributed by atoms with Gasteiger partial charge in [0.15, 0.2) is 0 Å². The lowest BCUT2D eigenvalue weighted by Gasteiger charge is -2.45. The van der Waals surface area contributed by atoms with Gasteiger partial charge < -0.3 is 14.5 Å². The van der Waals surface area contributed by atoms with Crippen LogP contribution >= 0.6 is 11.6 Å². The molecule has 3 aliphatic heterocycles. The summed E-state index contributed by atoms with van der Waals surface area (Å²) >= 11 is 6.02. The van der Waals surface area contributed by atoms with Gasteiger partial charge in [-0.3, -0.25) is 4.90 Å². The molecule has 3 heterocycles. The van der Waals surface area contributed by atoms with Crippen molar-refractivity contribution in [2.75, 3.05) is 52.4 Å². The number of halogens is 3. The lowest BCUT2D eigenvalue weighted by Crippen LogP contribution is -2.58. The maximum absolute atomic E-state index is 14.3. The van der Waals surface area contributed by atoms with Crippen LogP contribution in [0.5, 0.6) is 0 Å². The number of sulfonamides is 1. The van der Waals surface area contributed by atoms with Gasteiger partial charge in [-0.05, 0) is 87.3 Å². The average Bonchev–Trinajstić information content (AvgIpc) is 2.99. The lowest BCUT2D eigenvalue weighted by molar-refractivity contribution is 0.0251. The van der Waals surface area contributed by atoms with Gasteiger partial charge in [-0.25, -0.2) is 22.0 Å². The van der Waals surface area contributed by atoms with Crippen molar-refractivity contribution in [3.63, 3.8) is 0 Å². The standard InChI is InChI=1S/C30H39ClF2N4O4S/c1-2-34-19-27(21-41-30(38)36-14-10-26(11-15-36)35-12-4-3-5-13-35)37(42(39,40)28-8-6-23(31)7-9-28)29(20-34)22-16-24(32)18-25(33)17-22/h6-9,16-18,26-27,29H,2-5,10-15,19-21H2,1H3. The van der Waals surface area contributed by atoms with E-state index < -0.39 is 39.8 Å². The third-order valence-electron chi connectivity index (χ3n) is 8.70. The molecule has 0 bridgehead atoms. The van der Waals surface area contributed by atoms with Crippen molar-refractivity contribution < 1.29 is 26.7 Å². The number of amides is 1. The predicted molar refractivity (Wildman–Crippen MR) is 157 cm³/mol. The predicted octanol–water partition coefficient (Wildman–Crippen LogP) is 5.14. The molecule has 3 aliphatic rings. The second-order valence-electron chi connectivity index (χ2n) is 11.4. The van der Waals surface area contributed by atoms with Crippen molar-refractivity contribution in [2.45, 2.75) is 62.0 Å². The monoisotopic (exact) mass is 624 g/mol. The van der Waals surface area contributed by atoms with Crippen molar-refractivity contribution in [2.24, 2.45) is 0 Å². The second-order valence-corrected chi connectivity index (χ2v) is 13.7. The quantitative estimate of drug-likeness (QED) is 0.425. The van der Waals surface area contributed by atoms with Crippen LogP contribution in [0.2, 0.25) is 5.02 Å². The first-order valence-electron chi connectivity index (χ1n) is 14.8. The van der Waals surface area contributed by atoms with E-state index in [1.807, 2.05) is 11.8 Å². The summed E-state index contributed by atoms with van der Waals surface area (Å²) in [7, 11) is -4.18. The molecule has 0 N–H and O–H groups in total. The summed E-state index contributed by atoms with van der Waals surface area (Å²) in [4.78, 5) is 19.4. The molecule has 0 aliphatic carbocycles. The van der Waals surface area contributed by atoms with E-state index in [4.69, 9.17) is 16.3 Å². The van der Waals surface area contributed by atoms with Crippen molar-refractivity contribution >= 4 is 27.7 Å². The minimum absolute atomic E-state index is 0.00478. The molecule has 2 aromatic carbocycles. The van der Waals surface area contributed by atoms with E-state index in [2.05, 4.69) is 4.90 Å². The molecule has 3 saturated heterocycles. The van der Waals surface area contributed by atoms with Gasteiger partial charge in [0.1, 0.15) is 18.2 Å². The zero-order valence-corrected chi connectivity index (χ0v) is 25.5. The number of likely N-dealkylation sites (tertiary alicyclic amines) is 2. The highest BCUT2D eigenvalue weighted by molar-refractivity contribution is 7.89. The van der Waals surface area contributed by atoms with Crippen LogP contribution < -0.4 is 0 Å². The molecule has 230 valence electrons. The Morgan fingerprint density at radius 2 is 1.60 bits per heavy atom. The molecule has 0 saturated carbocycles. The molecule has 42 heavy (non-hydrogen) atoms. The van der Waals surface area contributed by atoms with Gasteiger partial charge in [-0.1, -0.05) is 24.9 Å². The maximum Gasteiger partial charge on any atom is 0.409 e. The van der Waals surface area contributed by atoms with Gasteiger partial charge in [0.2, 0.25) is 10.0 Å². The number of piperidine rings is 2. The van der Waals surface area contributed by atoms with Crippen LogP contribution in [0.1, 0.15) is 50.6 Å². The minimum atomic E-state index is -4.18. The Morgan fingerprint density at radius 1 is 0.952 bits per heavy atom. The van der Waals surface area contributed by atoms with Crippen LogP contribution in [0.15, 0.2) is 47.4 Å². The van der Waals surface area contributed by atoms with E-state index in [1.165, 1.54) is 47.8 Å². The number of hydrogen-bond acceptors (Lipinski definition) is 6. The molecule has 8 nitrogen and oxygen atoms in total. The third kappa shape index (κ3) is 7.07. The van der Waals surface area contributed by atoms with Crippen LogP contribution in [0.3, 0.4) is 0 Å². The topological polar surface area (TPSA) is 73.4 Å². The smallest absolute Gasteiger partial charge is 0.409 e. The van der Waals surface area contributed by atoms with Crippen LogP contribution in [0.4, 0.5) is 13.6 Å². The number of carbonyl (C=O) groups is 1. The summed E-state index contributed by atoms with van der Waals surface area (Å²) in [6, 6.07) is 7.63. The first kappa shape index (κ1) is 31.1. The third-order valence-corrected chi connectivity index (χ3v) is 10.9. The highest BCUT2D eigenvalue weighted by Crippen LogP contribution is 2.36. The van der Waals surface area contributed by atoms with Gasteiger partial charge in [0.25, 0.3) is 0 Å². The molecule has 0 aromatic heterocycles. The van der Waals surface area contributed by atoms with E-state index in [1.54, 1.807) is 4.90 Å². The van der Waals surface area contributed by atoms with Crippen molar-refractivity contribution in [1.29, 1.82) is 0 Å². The molecule has 2 unspecified atom stereocenters. The Kier molecular flexibility index (Phi) is 10.0. The fourth-order valence-corrected chi connectivity index (χ4v) is 8.38. The molecular weight excluding hydrogens is 586 g/mol. The molecular formula is C30H39ClF2N4O4S. The fourth-order valence-electron chi connectivity index (χ4n) is 6.48. The van der Waals surface area contributed by atoms with E-state index >= 15 is 0 Å². The van der Waals surface area contributed by atoms with Gasteiger partial charge in [0.05, 0.1) is 17.0 Å². The van der Waals surface area contributed by atoms with E-state index in [9.17, 15) is 22.0 Å². The molecule has 2 aromatic rings. The molecule has 12 heteroatoms. The lowest BCUT2D eigenvalue weighted by atomic mass is 10.0. The molecule has 0 radical (unpaired) electrons. The Hall–Kier alpha value is -2.31. The van der Waals surface area contributed by atoms with Crippen molar-refractivity contribution in [1.82, 2.24) is 19.0 Å². The second kappa shape index (κ2) is 13.5. The molecule has 3 fully saturated rings. The van der Waals surface area contributed by atoms with Crippen LogP contribution in [0.25, 0.3) is 0 Å². The van der Waals surface area contributed by atoms with Crippen LogP contribution in [-0.2, 0) is 14.8 Å². The number of benzene rings is 2. The SMILES string of the molecule is CCN1CC(COC(=O)N2CCC(N3CCCCC3)CC2)N(S(=O)(=O)c2ccc(Cl)cc2)C(c2cc(F)cc(F)c2)C1. The Labute approximate surface area is 252 Å². The van der Waals surface area contributed by atoms with Gasteiger partial charge in [-0.15, -0.1) is 0 Å². The van der Waals surface area contributed by atoms with Crippen molar-refractivity contribution in [3.05, 3.63) is 64.7 Å². The number of nitrogens with zero attached hydrogens (tertiary/aromatic N) is 4. The van der Waals surface area contributed by atoms with Crippen LogP contribution in [0, 0.1) is 11.6 Å². The number of ether oxygens (including phenoxy) is 1. The summed E-state index contributed by atoms with van der Waals surface area (Å²) < 4.78 is 63.9. The number of carbonyl (C=O) groups excluding carboxylic acids is 1. The Morgan fingerprint density at radius 3 is 2.21 bits per heavy atom. The van der Waals surface area contributed by atoms with Gasteiger partial charge in [-0.2, -0.15) is 4.31 Å². The molecule has 1 amide bonds. The van der Waals surface area contributed by atoms with Gasteiger partial charge in [0, 0.05) is 43.3 Å². The fraction of sp³-hybridized carbons (Fsp3) is 0.567. The summed E-state index contributed by atoms with van der Waals surface area (Å²) in [6.45, 7) is 6.23. The number of rotatable bonds is 7. The molecule has 2 atom stereocenters. The molecule has 5 rings (SSSR count). The largest absolute Gasteiger partial charge is 0.448 e. The Balaban J connectivity index is 1.36. The first-order chi connectivity index (χ1) is 20.2. The van der Waals surface area contributed by atoms with Crippen LogP contribution in [-0.4, -0.2) is 98.0 Å². The minimum Gasteiger partial charge on any atom is -0.448 e. The highest BCUT2D eigenvalue weighted by atomic mass is 35.5. The maximum atomic E-state index is 14.3.